The van der Waals surface area contributed by atoms with E-state index in [0.29, 0.717) is 0 Å². The molecule has 1 aliphatic rings. The lowest BCUT2D eigenvalue weighted by Crippen LogP contribution is -2.38. The van der Waals surface area contributed by atoms with Crippen LogP contribution >= 0.6 is 11.6 Å². The monoisotopic (exact) mass is 342 g/mol. The number of aromatic nitrogens is 3. The fourth-order valence-corrected chi connectivity index (χ4v) is 2.75. The van der Waals surface area contributed by atoms with Crippen LogP contribution < -0.4 is 0 Å². The van der Waals surface area contributed by atoms with Crippen LogP contribution in [-0.4, -0.2) is 56.3 Å². The maximum absolute atomic E-state index is 14.0. The molecule has 1 amide bonds. The van der Waals surface area contributed by atoms with Crippen molar-refractivity contribution < 1.29 is 18.7 Å². The van der Waals surface area contributed by atoms with Gasteiger partial charge in [0.15, 0.2) is 11.5 Å². The molecule has 1 saturated heterocycles. The van der Waals surface area contributed by atoms with Crippen LogP contribution in [0.4, 0.5) is 8.78 Å². The largest absolute Gasteiger partial charge is 0.394 e. The van der Waals surface area contributed by atoms with Crippen LogP contribution in [0.25, 0.3) is 5.69 Å². The van der Waals surface area contributed by atoms with Gasteiger partial charge in [0.05, 0.1) is 30.4 Å². The van der Waals surface area contributed by atoms with Crippen molar-refractivity contribution in [3.63, 3.8) is 0 Å². The summed E-state index contributed by atoms with van der Waals surface area (Å²) in [5.41, 5.74) is -0.00975. The summed E-state index contributed by atoms with van der Waals surface area (Å²) in [5, 5.41) is 16.6. The summed E-state index contributed by atoms with van der Waals surface area (Å²) in [6.07, 6.45) is 0.146. The number of rotatable bonds is 3. The van der Waals surface area contributed by atoms with Crippen molar-refractivity contribution >= 4 is 17.5 Å². The third-order valence-corrected chi connectivity index (χ3v) is 4.02. The van der Waals surface area contributed by atoms with Gasteiger partial charge in [0.2, 0.25) is 0 Å². The van der Waals surface area contributed by atoms with Crippen LogP contribution in [-0.2, 0) is 0 Å². The molecule has 2 atom stereocenters. The van der Waals surface area contributed by atoms with Crippen molar-refractivity contribution in [2.24, 2.45) is 0 Å². The first-order chi connectivity index (χ1) is 11.0. The van der Waals surface area contributed by atoms with E-state index in [4.69, 9.17) is 11.6 Å². The topological polar surface area (TPSA) is 71.2 Å². The zero-order valence-corrected chi connectivity index (χ0v) is 12.6. The van der Waals surface area contributed by atoms with Gasteiger partial charge in [-0.1, -0.05) is 22.9 Å². The average molecular weight is 343 g/mol. The number of benzene rings is 1. The van der Waals surface area contributed by atoms with Crippen LogP contribution in [0, 0.1) is 5.82 Å². The van der Waals surface area contributed by atoms with Gasteiger partial charge >= 0.3 is 0 Å². The van der Waals surface area contributed by atoms with Gasteiger partial charge in [-0.05, 0) is 12.1 Å². The van der Waals surface area contributed by atoms with E-state index in [1.807, 2.05) is 0 Å². The smallest absolute Gasteiger partial charge is 0.276 e. The van der Waals surface area contributed by atoms with Crippen LogP contribution in [0.1, 0.15) is 16.9 Å². The molecule has 2 heterocycles. The van der Waals surface area contributed by atoms with Crippen LogP contribution in [0.15, 0.2) is 24.4 Å². The lowest BCUT2D eigenvalue weighted by Gasteiger charge is -2.21. The molecular weight excluding hydrogens is 330 g/mol. The molecule has 1 aromatic heterocycles. The van der Waals surface area contributed by atoms with Gasteiger partial charge in [-0.3, -0.25) is 4.79 Å². The average Bonchev–Trinajstić information content (AvgIpc) is 3.16. The summed E-state index contributed by atoms with van der Waals surface area (Å²) in [4.78, 5) is 13.6. The highest BCUT2D eigenvalue weighted by molar-refractivity contribution is 6.30. The Balaban J connectivity index is 1.87. The second-order valence-corrected chi connectivity index (χ2v) is 5.66. The Morgan fingerprint density at radius 3 is 3.00 bits per heavy atom. The van der Waals surface area contributed by atoms with Gasteiger partial charge in [0.1, 0.15) is 11.9 Å². The number of alkyl halides is 1. The molecule has 0 radical (unpaired) electrons. The zero-order chi connectivity index (χ0) is 16.6. The number of aliphatic hydroxyl groups is 1. The molecule has 3 rings (SSSR count). The van der Waals surface area contributed by atoms with E-state index in [2.05, 4.69) is 10.3 Å². The molecule has 1 aromatic carbocycles. The summed E-state index contributed by atoms with van der Waals surface area (Å²) in [6, 6.07) is 3.78. The van der Waals surface area contributed by atoms with Crippen LogP contribution in [0.2, 0.25) is 5.02 Å². The van der Waals surface area contributed by atoms with E-state index < -0.39 is 23.9 Å². The van der Waals surface area contributed by atoms with E-state index in [-0.39, 0.29) is 36.0 Å². The number of hydrogen-bond acceptors (Lipinski definition) is 4. The molecule has 23 heavy (non-hydrogen) atoms. The minimum Gasteiger partial charge on any atom is -0.394 e. The molecule has 1 aliphatic heterocycles. The van der Waals surface area contributed by atoms with Gasteiger partial charge in [-0.25, -0.2) is 13.5 Å². The van der Waals surface area contributed by atoms with Crippen molar-refractivity contribution in [3.05, 3.63) is 40.9 Å². The second-order valence-electron chi connectivity index (χ2n) is 5.25. The predicted molar refractivity (Wildman–Crippen MR) is 77.8 cm³/mol. The van der Waals surface area contributed by atoms with Crippen molar-refractivity contribution in [2.45, 2.75) is 18.6 Å². The minimum atomic E-state index is -1.18. The first kappa shape index (κ1) is 15.8. The summed E-state index contributed by atoms with van der Waals surface area (Å²) in [6.45, 7) is -0.439. The number of carbonyl (C=O) groups is 1. The van der Waals surface area contributed by atoms with E-state index in [1.165, 1.54) is 23.2 Å². The van der Waals surface area contributed by atoms with Gasteiger partial charge in [-0.2, -0.15) is 0 Å². The third kappa shape index (κ3) is 2.91. The maximum Gasteiger partial charge on any atom is 0.276 e. The van der Waals surface area contributed by atoms with E-state index in [9.17, 15) is 18.7 Å². The fraction of sp³-hybridized carbons (Fsp3) is 0.357. The van der Waals surface area contributed by atoms with Crippen LogP contribution in [0.5, 0.6) is 0 Å². The van der Waals surface area contributed by atoms with Crippen molar-refractivity contribution in [2.75, 3.05) is 13.2 Å². The lowest BCUT2D eigenvalue weighted by atomic mass is 10.2. The second kappa shape index (κ2) is 6.21. The summed E-state index contributed by atoms with van der Waals surface area (Å²) in [5.74, 6) is -1.24. The molecule has 0 unspecified atom stereocenters. The Labute approximate surface area is 135 Å². The van der Waals surface area contributed by atoms with Crippen molar-refractivity contribution in [1.82, 2.24) is 19.9 Å². The lowest BCUT2D eigenvalue weighted by molar-refractivity contribution is 0.0667. The number of aliphatic hydroxyl groups excluding tert-OH is 1. The number of amides is 1. The Hall–Kier alpha value is -2.06. The minimum absolute atomic E-state index is 0.0487. The first-order valence-corrected chi connectivity index (χ1v) is 7.31. The third-order valence-electron chi connectivity index (χ3n) is 3.73. The normalized spacial score (nSPS) is 21.0. The molecule has 2 aromatic rings. The summed E-state index contributed by atoms with van der Waals surface area (Å²) < 4.78 is 28.5. The molecular formula is C14H13ClF2N4O2. The number of carbonyl (C=O) groups excluding carboxylic acids is 1. The van der Waals surface area contributed by atoms with E-state index in [0.717, 1.165) is 4.68 Å². The van der Waals surface area contributed by atoms with Gasteiger partial charge in [0, 0.05) is 6.42 Å². The van der Waals surface area contributed by atoms with Gasteiger partial charge in [-0.15, -0.1) is 5.10 Å². The van der Waals surface area contributed by atoms with Gasteiger partial charge in [0.25, 0.3) is 5.91 Å². The Kier molecular flexibility index (Phi) is 4.27. The molecule has 0 spiro atoms. The highest BCUT2D eigenvalue weighted by Gasteiger charge is 2.36. The number of halogens is 3. The molecule has 122 valence electrons. The molecule has 0 aliphatic carbocycles. The standard InChI is InChI=1S/C14H13ClF2N4O2/c15-10-2-1-3-12(13(10)17)21-6-11(18-19-21)14(23)20-5-8(16)4-9(20)7-22/h1-3,6,8-9,22H,4-5,7H2/t8-,9-/m0/s1. The quantitative estimate of drug-likeness (QED) is 0.920. The zero-order valence-electron chi connectivity index (χ0n) is 11.9. The van der Waals surface area contributed by atoms with E-state index in [1.54, 1.807) is 6.07 Å². The molecule has 0 saturated carbocycles. The summed E-state index contributed by atoms with van der Waals surface area (Å²) >= 11 is 5.71. The number of likely N-dealkylation sites (tertiary alicyclic amines) is 1. The number of nitrogens with zero attached hydrogens (tertiary/aromatic N) is 4. The molecule has 1 fully saturated rings. The fourth-order valence-electron chi connectivity index (χ4n) is 2.58. The van der Waals surface area contributed by atoms with Gasteiger partial charge < -0.3 is 10.0 Å². The Bertz CT molecular complexity index is 739. The van der Waals surface area contributed by atoms with Crippen molar-refractivity contribution in [3.8, 4) is 5.69 Å². The Morgan fingerprint density at radius 2 is 2.26 bits per heavy atom. The molecule has 6 nitrogen and oxygen atoms in total. The van der Waals surface area contributed by atoms with Crippen LogP contribution in [0.3, 0.4) is 0 Å². The highest BCUT2D eigenvalue weighted by Crippen LogP contribution is 2.23. The first-order valence-electron chi connectivity index (χ1n) is 6.94. The SMILES string of the molecule is O=C(c1cn(-c2cccc(Cl)c2F)nn1)N1C[C@@H](F)C[C@H]1CO. The van der Waals surface area contributed by atoms with Crippen molar-refractivity contribution in [1.29, 1.82) is 0 Å². The Morgan fingerprint density at radius 1 is 1.48 bits per heavy atom. The van der Waals surface area contributed by atoms with E-state index >= 15 is 0 Å². The number of hydrogen-bond donors (Lipinski definition) is 1. The molecule has 9 heteroatoms. The maximum atomic E-state index is 14.0. The highest BCUT2D eigenvalue weighted by atomic mass is 35.5. The summed E-state index contributed by atoms with van der Waals surface area (Å²) in [7, 11) is 0. The molecule has 1 N–H and O–H groups in total. The molecule has 0 bridgehead atoms. The predicted octanol–water partition coefficient (Wildman–Crippen LogP) is 1.60.